The van der Waals surface area contributed by atoms with Gasteiger partial charge in [0.1, 0.15) is 0 Å². The third-order valence-corrected chi connectivity index (χ3v) is 3.60. The van der Waals surface area contributed by atoms with Gasteiger partial charge in [-0.05, 0) is 24.1 Å². The largest absolute Gasteiger partial charge is 0.478 e. The van der Waals surface area contributed by atoms with Crippen LogP contribution in [0.3, 0.4) is 0 Å². The van der Waals surface area contributed by atoms with E-state index in [9.17, 15) is 9.59 Å². The highest BCUT2D eigenvalue weighted by atomic mass is 32.1. The van der Waals surface area contributed by atoms with Crippen LogP contribution in [-0.2, 0) is 4.79 Å². The number of hydrogen-bond acceptors (Lipinski definition) is 3. The number of amides is 1. The van der Waals surface area contributed by atoms with Crippen molar-refractivity contribution in [3.63, 3.8) is 0 Å². The normalized spacial score (nSPS) is 12.6. The number of carbonyl (C=O) groups excluding carboxylic acids is 1. The van der Waals surface area contributed by atoms with Crippen LogP contribution in [0.2, 0.25) is 0 Å². The number of carboxylic acid groups (broad SMARTS) is 1. The van der Waals surface area contributed by atoms with Gasteiger partial charge in [0.2, 0.25) is 0 Å². The summed E-state index contributed by atoms with van der Waals surface area (Å²) in [6.45, 7) is 4.82. The number of carboxylic acids is 1. The van der Waals surface area contributed by atoms with Gasteiger partial charge in [-0.1, -0.05) is 20.3 Å². The lowest BCUT2D eigenvalue weighted by atomic mass is 10.1. The van der Waals surface area contributed by atoms with Crippen LogP contribution in [0.4, 0.5) is 0 Å². The topological polar surface area (TPSA) is 66.4 Å². The molecule has 0 aliphatic heterocycles. The first-order valence-corrected chi connectivity index (χ1v) is 6.63. The SMILES string of the molecule is CCC(C)CNC(=O)c1ccc(C=CC(=O)O)s1. The monoisotopic (exact) mass is 267 g/mol. The highest BCUT2D eigenvalue weighted by Crippen LogP contribution is 2.17. The fourth-order valence-corrected chi connectivity index (χ4v) is 2.04. The van der Waals surface area contributed by atoms with Crippen LogP contribution in [0.5, 0.6) is 0 Å². The molecular weight excluding hydrogens is 250 g/mol. The number of thiophene rings is 1. The Morgan fingerprint density at radius 2 is 2.22 bits per heavy atom. The van der Waals surface area contributed by atoms with Crippen molar-refractivity contribution in [2.45, 2.75) is 20.3 Å². The van der Waals surface area contributed by atoms with E-state index in [0.717, 1.165) is 17.4 Å². The standard InChI is InChI=1S/C13H17NO3S/c1-3-9(2)8-14-13(17)11-6-4-10(18-11)5-7-12(15)16/h4-7,9H,3,8H2,1-2H3,(H,14,17)(H,15,16). The van der Waals surface area contributed by atoms with E-state index in [1.54, 1.807) is 12.1 Å². The van der Waals surface area contributed by atoms with Crippen LogP contribution in [-0.4, -0.2) is 23.5 Å². The molecule has 1 amide bonds. The Morgan fingerprint density at radius 3 is 2.83 bits per heavy atom. The summed E-state index contributed by atoms with van der Waals surface area (Å²) in [5.74, 6) is -0.637. The van der Waals surface area contributed by atoms with Gasteiger partial charge in [-0.3, -0.25) is 4.79 Å². The zero-order valence-corrected chi connectivity index (χ0v) is 11.3. The molecule has 0 bridgehead atoms. The first-order valence-electron chi connectivity index (χ1n) is 5.82. The molecule has 1 rings (SSSR count). The Labute approximate surface area is 110 Å². The summed E-state index contributed by atoms with van der Waals surface area (Å²) in [5.41, 5.74) is 0. The minimum atomic E-state index is -0.994. The molecule has 0 radical (unpaired) electrons. The lowest BCUT2D eigenvalue weighted by molar-refractivity contribution is -0.131. The number of hydrogen-bond donors (Lipinski definition) is 2. The third kappa shape index (κ3) is 4.71. The molecule has 0 saturated carbocycles. The Bertz CT molecular complexity index is 451. The summed E-state index contributed by atoms with van der Waals surface area (Å²) in [5, 5.41) is 11.4. The first-order chi connectivity index (χ1) is 8.52. The van der Waals surface area contributed by atoms with Crippen molar-refractivity contribution < 1.29 is 14.7 Å². The zero-order chi connectivity index (χ0) is 13.5. The van der Waals surface area contributed by atoms with Gasteiger partial charge in [-0.15, -0.1) is 11.3 Å². The molecule has 4 nitrogen and oxygen atoms in total. The highest BCUT2D eigenvalue weighted by Gasteiger charge is 2.09. The van der Waals surface area contributed by atoms with E-state index in [1.165, 1.54) is 17.4 Å². The minimum absolute atomic E-state index is 0.102. The van der Waals surface area contributed by atoms with Crippen molar-refractivity contribution in [3.8, 4) is 0 Å². The lowest BCUT2D eigenvalue weighted by Crippen LogP contribution is -2.27. The predicted molar refractivity (Wildman–Crippen MR) is 72.8 cm³/mol. The molecule has 0 fully saturated rings. The number of carbonyl (C=O) groups is 2. The molecule has 5 heteroatoms. The minimum Gasteiger partial charge on any atom is -0.478 e. The molecule has 1 heterocycles. The Balaban J connectivity index is 2.57. The van der Waals surface area contributed by atoms with Gasteiger partial charge >= 0.3 is 5.97 Å². The zero-order valence-electron chi connectivity index (χ0n) is 10.5. The Hall–Kier alpha value is -1.62. The average molecular weight is 267 g/mol. The average Bonchev–Trinajstić information content (AvgIpc) is 2.81. The molecular formula is C13H17NO3S. The van der Waals surface area contributed by atoms with Gasteiger partial charge in [0.05, 0.1) is 4.88 Å². The molecule has 0 aromatic carbocycles. The summed E-state index contributed by atoms with van der Waals surface area (Å²) in [4.78, 5) is 23.5. The number of rotatable bonds is 6. The second-order valence-corrected chi connectivity index (χ2v) is 5.21. The molecule has 1 unspecified atom stereocenters. The molecule has 0 aliphatic carbocycles. The molecule has 0 aliphatic rings. The van der Waals surface area contributed by atoms with Gasteiger partial charge < -0.3 is 10.4 Å². The van der Waals surface area contributed by atoms with Crippen LogP contribution >= 0.6 is 11.3 Å². The van der Waals surface area contributed by atoms with E-state index in [-0.39, 0.29) is 5.91 Å². The van der Waals surface area contributed by atoms with Gasteiger partial charge in [-0.25, -0.2) is 4.79 Å². The summed E-state index contributed by atoms with van der Waals surface area (Å²) < 4.78 is 0. The Morgan fingerprint density at radius 1 is 1.50 bits per heavy atom. The molecule has 1 aromatic heterocycles. The van der Waals surface area contributed by atoms with Crippen LogP contribution in [0, 0.1) is 5.92 Å². The molecule has 0 spiro atoms. The van der Waals surface area contributed by atoms with Crippen molar-refractivity contribution in [2.75, 3.05) is 6.54 Å². The van der Waals surface area contributed by atoms with E-state index in [2.05, 4.69) is 19.2 Å². The fourth-order valence-electron chi connectivity index (χ4n) is 1.22. The maximum Gasteiger partial charge on any atom is 0.328 e. The molecule has 98 valence electrons. The number of aliphatic carboxylic acids is 1. The van der Waals surface area contributed by atoms with E-state index in [4.69, 9.17) is 5.11 Å². The smallest absolute Gasteiger partial charge is 0.328 e. The van der Waals surface area contributed by atoms with Crippen molar-refractivity contribution >= 4 is 29.3 Å². The number of nitrogens with one attached hydrogen (secondary N) is 1. The summed E-state index contributed by atoms with van der Waals surface area (Å²) in [6, 6.07) is 3.44. The van der Waals surface area contributed by atoms with Crippen molar-refractivity contribution in [1.29, 1.82) is 0 Å². The Kier molecular flexibility index (Phi) is 5.58. The fraction of sp³-hybridized carbons (Fsp3) is 0.385. The van der Waals surface area contributed by atoms with Gasteiger partial charge in [0.25, 0.3) is 5.91 Å². The second-order valence-electron chi connectivity index (χ2n) is 4.10. The van der Waals surface area contributed by atoms with Gasteiger partial charge in [0, 0.05) is 17.5 Å². The van der Waals surface area contributed by atoms with Gasteiger partial charge in [0.15, 0.2) is 0 Å². The second kappa shape index (κ2) is 6.96. The van der Waals surface area contributed by atoms with Crippen molar-refractivity contribution in [2.24, 2.45) is 5.92 Å². The van der Waals surface area contributed by atoms with E-state index in [0.29, 0.717) is 17.3 Å². The highest BCUT2D eigenvalue weighted by molar-refractivity contribution is 7.14. The van der Waals surface area contributed by atoms with Crippen LogP contribution in [0.15, 0.2) is 18.2 Å². The molecule has 1 atom stereocenters. The summed E-state index contributed by atoms with van der Waals surface area (Å²) >= 11 is 1.28. The third-order valence-electron chi connectivity index (χ3n) is 2.55. The molecule has 2 N–H and O–H groups in total. The summed E-state index contributed by atoms with van der Waals surface area (Å²) in [7, 11) is 0. The van der Waals surface area contributed by atoms with E-state index >= 15 is 0 Å². The molecule has 1 aromatic rings. The van der Waals surface area contributed by atoms with E-state index in [1.807, 2.05) is 0 Å². The maximum atomic E-state index is 11.8. The first kappa shape index (κ1) is 14.4. The van der Waals surface area contributed by atoms with Crippen LogP contribution < -0.4 is 5.32 Å². The quantitative estimate of drug-likeness (QED) is 0.779. The maximum absolute atomic E-state index is 11.8. The van der Waals surface area contributed by atoms with Gasteiger partial charge in [-0.2, -0.15) is 0 Å². The molecule has 18 heavy (non-hydrogen) atoms. The van der Waals surface area contributed by atoms with E-state index < -0.39 is 5.97 Å². The summed E-state index contributed by atoms with van der Waals surface area (Å²) in [6.07, 6.45) is 3.57. The predicted octanol–water partition coefficient (Wildman–Crippen LogP) is 2.62. The molecule has 0 saturated heterocycles. The van der Waals surface area contributed by atoms with Crippen LogP contribution in [0.1, 0.15) is 34.8 Å². The van der Waals surface area contributed by atoms with Crippen molar-refractivity contribution in [1.82, 2.24) is 5.32 Å². The van der Waals surface area contributed by atoms with Crippen molar-refractivity contribution in [3.05, 3.63) is 28.0 Å². The van der Waals surface area contributed by atoms with Crippen LogP contribution in [0.25, 0.3) is 6.08 Å². The lowest BCUT2D eigenvalue weighted by Gasteiger charge is -2.08.